The van der Waals surface area contributed by atoms with Crippen molar-refractivity contribution in [3.63, 3.8) is 0 Å². The summed E-state index contributed by atoms with van der Waals surface area (Å²) >= 11 is 0. The maximum absolute atomic E-state index is 13.1. The first kappa shape index (κ1) is 25.0. The molecular formula is C32H39N5O. The Labute approximate surface area is 226 Å². The number of fused-ring (bicyclic) bond motifs is 1. The Morgan fingerprint density at radius 2 is 1.68 bits per heavy atom. The van der Waals surface area contributed by atoms with Crippen molar-refractivity contribution in [2.45, 2.75) is 51.5 Å². The number of terminal acetylenes is 1. The first-order chi connectivity index (χ1) is 18.5. The van der Waals surface area contributed by atoms with E-state index in [-0.39, 0.29) is 5.92 Å². The Balaban J connectivity index is 1.11. The number of carbonyl (C=O) groups is 1. The van der Waals surface area contributed by atoms with Gasteiger partial charge in [0.15, 0.2) is 0 Å². The average Bonchev–Trinajstić information content (AvgIpc) is 3.37. The van der Waals surface area contributed by atoms with Crippen LogP contribution in [0.5, 0.6) is 0 Å². The molecule has 0 radical (unpaired) electrons. The fourth-order valence-corrected chi connectivity index (χ4v) is 6.45. The highest BCUT2D eigenvalue weighted by atomic mass is 16.2. The summed E-state index contributed by atoms with van der Waals surface area (Å²) in [4.78, 5) is 20.1. The monoisotopic (exact) mass is 509 g/mol. The highest BCUT2D eigenvalue weighted by Gasteiger charge is 2.31. The molecule has 1 amide bonds. The van der Waals surface area contributed by atoms with E-state index >= 15 is 0 Å². The summed E-state index contributed by atoms with van der Waals surface area (Å²) in [6.07, 6.45) is 13.4. The molecule has 4 heterocycles. The molecule has 3 aliphatic rings. The molecule has 2 aliphatic heterocycles. The van der Waals surface area contributed by atoms with E-state index in [1.165, 1.54) is 22.4 Å². The largest absolute Gasteiger partial charge is 0.366 e. The molecular weight excluding hydrogens is 470 g/mol. The maximum atomic E-state index is 13.1. The molecule has 0 bridgehead atoms. The normalized spacial score (nSPS) is 23.0. The number of hydrogen-bond donors (Lipinski definition) is 0. The first-order valence-electron chi connectivity index (χ1n) is 14.3. The summed E-state index contributed by atoms with van der Waals surface area (Å²) < 4.78 is 1.99. The van der Waals surface area contributed by atoms with E-state index in [1.807, 2.05) is 10.7 Å². The summed E-state index contributed by atoms with van der Waals surface area (Å²) in [5.74, 6) is 4.35. The molecule has 6 nitrogen and oxygen atoms in total. The van der Waals surface area contributed by atoms with Gasteiger partial charge in [0, 0.05) is 81.0 Å². The van der Waals surface area contributed by atoms with E-state index in [1.54, 1.807) is 0 Å². The SMILES string of the molecule is C#CC1CCC(C(=O)N2CCN(c3ccnn4cc(-c5ccc(C6CN(C(C)C)C6)cc5)cc34)CC2)CC1. The average molecular weight is 510 g/mol. The van der Waals surface area contributed by atoms with Crippen LogP contribution < -0.4 is 4.90 Å². The molecule has 1 aromatic carbocycles. The van der Waals surface area contributed by atoms with Gasteiger partial charge in [0.2, 0.25) is 5.91 Å². The molecule has 198 valence electrons. The second-order valence-electron chi connectivity index (χ2n) is 11.7. The number of likely N-dealkylation sites (tertiary alicyclic amines) is 1. The Kier molecular flexibility index (Phi) is 6.88. The van der Waals surface area contributed by atoms with Crippen LogP contribution in [0, 0.1) is 24.2 Å². The van der Waals surface area contributed by atoms with Crippen LogP contribution in [0.25, 0.3) is 16.6 Å². The van der Waals surface area contributed by atoms with Gasteiger partial charge in [-0.05, 0) is 62.8 Å². The maximum Gasteiger partial charge on any atom is 0.225 e. The molecule has 3 aromatic rings. The van der Waals surface area contributed by atoms with Gasteiger partial charge in [-0.1, -0.05) is 24.3 Å². The van der Waals surface area contributed by atoms with Crippen LogP contribution >= 0.6 is 0 Å². The van der Waals surface area contributed by atoms with Gasteiger partial charge in [-0.25, -0.2) is 4.52 Å². The van der Waals surface area contributed by atoms with E-state index < -0.39 is 0 Å². The van der Waals surface area contributed by atoms with Gasteiger partial charge in [-0.3, -0.25) is 9.69 Å². The lowest BCUT2D eigenvalue weighted by atomic mass is 9.81. The summed E-state index contributed by atoms with van der Waals surface area (Å²) in [5.41, 5.74) is 6.15. The summed E-state index contributed by atoms with van der Waals surface area (Å²) in [6.45, 7) is 10.1. The summed E-state index contributed by atoms with van der Waals surface area (Å²) in [5, 5.41) is 4.60. The van der Waals surface area contributed by atoms with Crippen molar-refractivity contribution < 1.29 is 4.79 Å². The molecule has 2 saturated heterocycles. The number of aromatic nitrogens is 2. The van der Waals surface area contributed by atoms with Gasteiger partial charge in [0.25, 0.3) is 0 Å². The zero-order valence-electron chi connectivity index (χ0n) is 22.7. The van der Waals surface area contributed by atoms with Crippen LogP contribution in [0.3, 0.4) is 0 Å². The first-order valence-corrected chi connectivity index (χ1v) is 14.3. The van der Waals surface area contributed by atoms with E-state index in [4.69, 9.17) is 6.42 Å². The van der Waals surface area contributed by atoms with Crippen LogP contribution in [0.15, 0.2) is 48.8 Å². The van der Waals surface area contributed by atoms with Crippen molar-refractivity contribution in [1.82, 2.24) is 19.4 Å². The van der Waals surface area contributed by atoms with Gasteiger partial charge >= 0.3 is 0 Å². The number of nitrogens with zero attached hydrogens (tertiary/aromatic N) is 5. The molecule has 0 atom stereocenters. The Morgan fingerprint density at radius 1 is 0.974 bits per heavy atom. The topological polar surface area (TPSA) is 44.1 Å². The molecule has 1 aliphatic carbocycles. The van der Waals surface area contributed by atoms with Gasteiger partial charge in [-0.15, -0.1) is 12.3 Å². The molecule has 0 N–H and O–H groups in total. The van der Waals surface area contributed by atoms with E-state index in [0.29, 0.717) is 23.8 Å². The molecule has 0 spiro atoms. The van der Waals surface area contributed by atoms with Crippen molar-refractivity contribution >= 4 is 17.1 Å². The Hall–Kier alpha value is -3.30. The van der Waals surface area contributed by atoms with E-state index in [9.17, 15) is 4.79 Å². The van der Waals surface area contributed by atoms with Gasteiger partial charge in [0.05, 0.1) is 11.2 Å². The molecule has 2 aromatic heterocycles. The Morgan fingerprint density at radius 3 is 2.34 bits per heavy atom. The predicted octanol–water partition coefficient (Wildman–Crippen LogP) is 4.90. The van der Waals surface area contributed by atoms with Gasteiger partial charge in [-0.2, -0.15) is 5.10 Å². The number of amides is 1. The predicted molar refractivity (Wildman–Crippen MR) is 153 cm³/mol. The minimum atomic E-state index is 0.150. The smallest absolute Gasteiger partial charge is 0.225 e. The molecule has 1 saturated carbocycles. The van der Waals surface area contributed by atoms with Crippen molar-refractivity contribution in [3.05, 3.63) is 54.4 Å². The second-order valence-corrected chi connectivity index (χ2v) is 11.7. The zero-order valence-corrected chi connectivity index (χ0v) is 22.7. The molecule has 3 fully saturated rings. The highest BCUT2D eigenvalue weighted by Crippen LogP contribution is 2.33. The number of carbonyl (C=O) groups excluding carboxylic acids is 1. The van der Waals surface area contributed by atoms with Crippen molar-refractivity contribution in [3.8, 4) is 23.5 Å². The lowest BCUT2D eigenvalue weighted by molar-refractivity contribution is -0.137. The van der Waals surface area contributed by atoms with Gasteiger partial charge < -0.3 is 9.80 Å². The highest BCUT2D eigenvalue weighted by molar-refractivity contribution is 5.81. The van der Waals surface area contributed by atoms with Gasteiger partial charge in [0.1, 0.15) is 0 Å². The third-order valence-electron chi connectivity index (χ3n) is 9.09. The minimum Gasteiger partial charge on any atom is -0.366 e. The standard InChI is InChI=1S/C32H39N5O/c1-4-24-5-7-27(8-6-24)32(38)35-17-15-34(16-18-35)30-13-14-33-37-22-28(19-31(30)37)25-9-11-26(12-10-25)29-20-36(21-29)23(2)3/h1,9-14,19,22-24,27,29H,5-8,15-18,20-21H2,2-3H3. The molecule has 0 unspecified atom stereocenters. The lowest BCUT2D eigenvalue weighted by Crippen LogP contribution is -2.50. The van der Waals surface area contributed by atoms with E-state index in [0.717, 1.165) is 70.5 Å². The van der Waals surface area contributed by atoms with E-state index in [2.05, 4.69) is 82.2 Å². The number of hydrogen-bond acceptors (Lipinski definition) is 4. The van der Waals surface area contributed by atoms with Crippen LogP contribution in [0.4, 0.5) is 5.69 Å². The molecule has 38 heavy (non-hydrogen) atoms. The summed E-state index contributed by atoms with van der Waals surface area (Å²) in [7, 11) is 0. The van der Waals surface area contributed by atoms with Crippen LogP contribution in [-0.4, -0.2) is 70.6 Å². The quantitative estimate of drug-likeness (QED) is 0.459. The third-order valence-corrected chi connectivity index (χ3v) is 9.09. The Bertz CT molecular complexity index is 1310. The number of anilines is 1. The fourth-order valence-electron chi connectivity index (χ4n) is 6.45. The fraction of sp³-hybridized carbons (Fsp3) is 0.500. The molecule has 6 heteroatoms. The second kappa shape index (κ2) is 10.5. The number of rotatable bonds is 5. The van der Waals surface area contributed by atoms with Crippen molar-refractivity contribution in [2.75, 3.05) is 44.2 Å². The lowest BCUT2D eigenvalue weighted by Gasteiger charge is -2.42. The summed E-state index contributed by atoms with van der Waals surface area (Å²) in [6, 6.07) is 14.1. The van der Waals surface area contributed by atoms with Crippen LogP contribution in [0.1, 0.15) is 51.0 Å². The molecule has 6 rings (SSSR count). The number of piperazine rings is 1. The van der Waals surface area contributed by atoms with Crippen molar-refractivity contribution in [1.29, 1.82) is 0 Å². The van der Waals surface area contributed by atoms with Crippen LogP contribution in [0.2, 0.25) is 0 Å². The van der Waals surface area contributed by atoms with Crippen molar-refractivity contribution in [2.24, 2.45) is 11.8 Å². The zero-order chi connectivity index (χ0) is 26.2. The number of benzene rings is 1. The van der Waals surface area contributed by atoms with Crippen LogP contribution in [-0.2, 0) is 4.79 Å². The third kappa shape index (κ3) is 4.80. The minimum absolute atomic E-state index is 0.150.